The Morgan fingerprint density at radius 2 is 1.88 bits per heavy atom. The molecule has 5 rings (SSSR count). The molecule has 8 nitrogen and oxygen atoms in total. The van der Waals surface area contributed by atoms with Gasteiger partial charge in [-0.25, -0.2) is 5.43 Å². The van der Waals surface area contributed by atoms with Gasteiger partial charge in [-0.1, -0.05) is 19.4 Å². The van der Waals surface area contributed by atoms with Gasteiger partial charge in [0.25, 0.3) is 11.5 Å². The monoisotopic (exact) mass is 578 g/mol. The Morgan fingerprint density at radius 3 is 2.66 bits per heavy atom. The van der Waals surface area contributed by atoms with Crippen LogP contribution in [0.4, 0.5) is 0 Å². The van der Waals surface area contributed by atoms with Crippen LogP contribution in [-0.2, 0) is 13.1 Å². The Bertz CT molecular complexity index is 1410. The molecule has 3 heterocycles. The van der Waals surface area contributed by atoms with Crippen LogP contribution in [0.25, 0.3) is 0 Å². The van der Waals surface area contributed by atoms with E-state index in [1.54, 1.807) is 36.5 Å². The van der Waals surface area contributed by atoms with Crippen LogP contribution in [0.15, 0.2) is 70.6 Å². The van der Waals surface area contributed by atoms with Gasteiger partial charge >= 0.3 is 0 Å². The Kier molecular flexibility index (Phi) is 10.6. The number of hydrogen-bond acceptors (Lipinski definition) is 6. The van der Waals surface area contributed by atoms with E-state index in [0.29, 0.717) is 30.6 Å². The van der Waals surface area contributed by atoms with Crippen molar-refractivity contribution in [3.63, 3.8) is 0 Å². The van der Waals surface area contributed by atoms with Crippen molar-refractivity contribution >= 4 is 24.5 Å². The molecular formula is C32H39ClN4O4. The van der Waals surface area contributed by atoms with Crippen molar-refractivity contribution in [3.8, 4) is 11.5 Å². The minimum absolute atomic E-state index is 0. The summed E-state index contributed by atoms with van der Waals surface area (Å²) in [4.78, 5) is 27.4. The summed E-state index contributed by atoms with van der Waals surface area (Å²) in [6, 6.07) is 18.7. The zero-order valence-corrected chi connectivity index (χ0v) is 24.6. The van der Waals surface area contributed by atoms with E-state index < -0.39 is 0 Å². The van der Waals surface area contributed by atoms with E-state index in [4.69, 9.17) is 9.47 Å². The predicted molar refractivity (Wildman–Crippen MR) is 164 cm³/mol. The van der Waals surface area contributed by atoms with Crippen molar-refractivity contribution in [2.24, 2.45) is 11.0 Å². The van der Waals surface area contributed by atoms with E-state index in [0.717, 1.165) is 73.8 Å². The number of fused-ring (bicyclic) bond motifs is 4. The van der Waals surface area contributed by atoms with Gasteiger partial charge in [-0.3, -0.25) is 14.5 Å². The summed E-state index contributed by atoms with van der Waals surface area (Å²) in [5.41, 5.74) is 6.36. The molecule has 0 saturated carbocycles. The van der Waals surface area contributed by atoms with E-state index >= 15 is 0 Å². The number of aromatic nitrogens is 1. The van der Waals surface area contributed by atoms with Gasteiger partial charge < -0.3 is 14.0 Å². The summed E-state index contributed by atoms with van der Waals surface area (Å²) in [7, 11) is 0. The van der Waals surface area contributed by atoms with E-state index in [1.165, 1.54) is 0 Å². The van der Waals surface area contributed by atoms with E-state index in [2.05, 4.69) is 34.5 Å². The summed E-state index contributed by atoms with van der Waals surface area (Å²) < 4.78 is 13.6. The molecule has 2 aliphatic rings. The molecule has 1 saturated heterocycles. The smallest absolute Gasteiger partial charge is 0.271 e. The maximum absolute atomic E-state index is 12.6. The fraction of sp³-hybridized carbons (Fsp3) is 0.406. The molecule has 2 atom stereocenters. The summed E-state index contributed by atoms with van der Waals surface area (Å²) in [6.07, 6.45) is 4.86. The van der Waals surface area contributed by atoms with Crippen LogP contribution < -0.4 is 20.5 Å². The third kappa shape index (κ3) is 7.57. The number of ether oxygens (including phenoxy) is 2. The first-order valence-corrected chi connectivity index (χ1v) is 14.3. The highest BCUT2D eigenvalue weighted by molar-refractivity contribution is 5.95. The number of benzene rings is 2. The molecule has 0 radical (unpaired) electrons. The van der Waals surface area contributed by atoms with Crippen molar-refractivity contribution in [1.82, 2.24) is 14.9 Å². The molecule has 2 bridgehead atoms. The number of nitrogens with one attached hydrogen (secondary N) is 1. The molecule has 41 heavy (non-hydrogen) atoms. The lowest BCUT2D eigenvalue weighted by Crippen LogP contribution is -2.46. The number of nitrogens with zero attached hydrogens (tertiary/aromatic N) is 3. The molecule has 2 unspecified atom stereocenters. The number of unbranched alkanes of at least 4 members (excludes halogenated alkanes) is 1. The average molecular weight is 579 g/mol. The van der Waals surface area contributed by atoms with Gasteiger partial charge in [0.15, 0.2) is 0 Å². The molecule has 2 aliphatic heterocycles. The van der Waals surface area contributed by atoms with E-state index in [-0.39, 0.29) is 23.9 Å². The van der Waals surface area contributed by atoms with Gasteiger partial charge in [0.05, 0.1) is 19.4 Å². The second-order valence-electron chi connectivity index (χ2n) is 10.6. The predicted octanol–water partition coefficient (Wildman–Crippen LogP) is 5.23. The second-order valence-corrected chi connectivity index (χ2v) is 10.6. The van der Waals surface area contributed by atoms with Gasteiger partial charge in [-0.15, -0.1) is 12.4 Å². The van der Waals surface area contributed by atoms with Crippen molar-refractivity contribution in [1.29, 1.82) is 0 Å². The standard InChI is InChI=1S/C32H38N4O4.ClH/c1-3-5-15-40-28-12-10-25(11-13-28)32(38)34-33-18-23-9-14-30(39-4-2)27(16-23)22-35-19-24-17-26(21-35)29-7-6-8-31(37)36(29)20-24;/h6-14,16,18,24,26H,3-5,15,17,19-22H2,1-2H3,(H,34,38);1H/b33-18-;. The van der Waals surface area contributed by atoms with Crippen molar-refractivity contribution in [2.75, 3.05) is 26.3 Å². The third-order valence-electron chi connectivity index (χ3n) is 7.60. The van der Waals surface area contributed by atoms with Gasteiger partial charge in [0, 0.05) is 55.0 Å². The lowest BCUT2D eigenvalue weighted by molar-refractivity contribution is 0.0955. The summed E-state index contributed by atoms with van der Waals surface area (Å²) in [5.74, 6) is 2.15. The molecule has 218 valence electrons. The zero-order valence-electron chi connectivity index (χ0n) is 23.8. The van der Waals surface area contributed by atoms with Crippen LogP contribution in [0.3, 0.4) is 0 Å². The fourth-order valence-electron chi connectivity index (χ4n) is 5.73. The molecule has 0 aliphatic carbocycles. The number of halogens is 1. The number of pyridine rings is 1. The first kappa shape index (κ1) is 30.3. The molecule has 2 aromatic carbocycles. The molecule has 9 heteroatoms. The van der Waals surface area contributed by atoms with Crippen molar-refractivity contribution in [2.45, 2.75) is 52.1 Å². The third-order valence-corrected chi connectivity index (χ3v) is 7.60. The van der Waals surface area contributed by atoms with Crippen LogP contribution in [-0.4, -0.2) is 47.9 Å². The minimum atomic E-state index is -0.276. The highest BCUT2D eigenvalue weighted by Crippen LogP contribution is 2.36. The maximum Gasteiger partial charge on any atom is 0.271 e. The minimum Gasteiger partial charge on any atom is -0.494 e. The second kappa shape index (κ2) is 14.3. The topological polar surface area (TPSA) is 85.2 Å². The summed E-state index contributed by atoms with van der Waals surface area (Å²) in [5, 5.41) is 4.20. The molecule has 1 N–H and O–H groups in total. The number of hydrogen-bond donors (Lipinski definition) is 1. The van der Waals surface area contributed by atoms with Crippen LogP contribution in [0.5, 0.6) is 11.5 Å². The van der Waals surface area contributed by atoms with Crippen molar-refractivity contribution < 1.29 is 14.3 Å². The molecule has 3 aromatic rings. The lowest BCUT2D eigenvalue weighted by atomic mass is 9.83. The normalized spacial score (nSPS) is 17.9. The number of amides is 1. The van der Waals surface area contributed by atoms with Gasteiger partial charge in [-0.2, -0.15) is 5.10 Å². The zero-order chi connectivity index (χ0) is 27.9. The summed E-state index contributed by atoms with van der Waals surface area (Å²) >= 11 is 0. The number of piperidine rings is 1. The molecule has 1 aromatic heterocycles. The number of likely N-dealkylation sites (tertiary alicyclic amines) is 1. The first-order chi connectivity index (χ1) is 19.5. The molecule has 0 spiro atoms. The van der Waals surface area contributed by atoms with Crippen LogP contribution in [0, 0.1) is 5.92 Å². The Morgan fingerprint density at radius 1 is 1.05 bits per heavy atom. The van der Waals surface area contributed by atoms with E-state index in [1.807, 2.05) is 29.7 Å². The highest BCUT2D eigenvalue weighted by Gasteiger charge is 2.34. The fourth-order valence-corrected chi connectivity index (χ4v) is 5.73. The number of carbonyl (C=O) groups excluding carboxylic acids is 1. The maximum atomic E-state index is 12.6. The molecular weight excluding hydrogens is 540 g/mol. The SMILES string of the molecule is CCCCOc1ccc(C(=O)N/N=C\c2ccc(OCC)c(CN3CC4CC(C3)c3cccc(=O)n3C4)c2)cc1.Cl. The Hall–Kier alpha value is -3.62. The average Bonchev–Trinajstić information content (AvgIpc) is 2.95. The molecule has 1 fully saturated rings. The van der Waals surface area contributed by atoms with Crippen LogP contribution >= 0.6 is 12.4 Å². The van der Waals surface area contributed by atoms with E-state index in [9.17, 15) is 9.59 Å². The first-order valence-electron chi connectivity index (χ1n) is 14.3. The molecule has 1 amide bonds. The van der Waals surface area contributed by atoms with Gasteiger partial charge in [-0.05, 0) is 79.8 Å². The number of carbonyl (C=O) groups is 1. The number of hydrazone groups is 1. The van der Waals surface area contributed by atoms with Crippen molar-refractivity contribution in [3.05, 3.63) is 93.4 Å². The largest absolute Gasteiger partial charge is 0.494 e. The lowest BCUT2D eigenvalue weighted by Gasteiger charge is -2.43. The van der Waals surface area contributed by atoms with Gasteiger partial charge in [0.2, 0.25) is 0 Å². The summed E-state index contributed by atoms with van der Waals surface area (Å²) in [6.45, 7) is 8.74. The van der Waals surface area contributed by atoms with Gasteiger partial charge in [0.1, 0.15) is 11.5 Å². The Balaban J connectivity index is 0.00000387. The quantitative estimate of drug-likeness (QED) is 0.191. The number of rotatable bonds is 11. The Labute approximate surface area is 247 Å². The van der Waals surface area contributed by atoms with Crippen LogP contribution in [0.1, 0.15) is 66.2 Å². The highest BCUT2D eigenvalue weighted by atomic mass is 35.5. The van der Waals surface area contributed by atoms with Crippen LogP contribution in [0.2, 0.25) is 0 Å².